The van der Waals surface area contributed by atoms with Crippen LogP contribution in [0.3, 0.4) is 0 Å². The molecule has 0 amide bonds. The second-order valence-electron chi connectivity index (χ2n) is 4.64. The molecule has 0 N–H and O–H groups in total. The number of hydrogen-bond acceptors (Lipinski definition) is 1. The van der Waals surface area contributed by atoms with Gasteiger partial charge in [0.1, 0.15) is 0 Å². The van der Waals surface area contributed by atoms with Crippen LogP contribution in [0.4, 0.5) is 0 Å². The zero-order chi connectivity index (χ0) is 8.70. The average Bonchev–Trinajstić information content (AvgIpc) is 2.05. The summed E-state index contributed by atoms with van der Waals surface area (Å²) in [5.41, 5.74) is 0.421. The van der Waals surface area contributed by atoms with Crippen molar-refractivity contribution in [3.8, 4) is 0 Å². The van der Waals surface area contributed by atoms with Crippen LogP contribution < -0.4 is 0 Å². The van der Waals surface area contributed by atoms with E-state index in [1.54, 1.807) is 0 Å². The maximum Gasteiger partial charge on any atom is 0.0155 e. The van der Waals surface area contributed by atoms with E-state index in [9.17, 15) is 0 Å². The van der Waals surface area contributed by atoms with Crippen LogP contribution in [0.25, 0.3) is 0 Å². The average molecular weight is 172 g/mol. The third-order valence-corrected chi connectivity index (χ3v) is 4.68. The first kappa shape index (κ1) is 9.44. The van der Waals surface area contributed by atoms with Gasteiger partial charge in [-0.3, -0.25) is 0 Å². The van der Waals surface area contributed by atoms with Crippen LogP contribution in [0.1, 0.15) is 47.0 Å². The van der Waals surface area contributed by atoms with Gasteiger partial charge >= 0.3 is 0 Å². The molecule has 1 heteroatoms. The van der Waals surface area contributed by atoms with Gasteiger partial charge in [0.25, 0.3) is 0 Å². The molecule has 2 unspecified atom stereocenters. The molecule has 0 bridgehead atoms. The van der Waals surface area contributed by atoms with E-state index in [1.807, 2.05) is 0 Å². The molecule has 11 heavy (non-hydrogen) atoms. The van der Waals surface area contributed by atoms with Gasteiger partial charge < -0.3 is 0 Å². The van der Waals surface area contributed by atoms with Gasteiger partial charge in [0.2, 0.25) is 0 Å². The molecule has 0 aliphatic heterocycles. The molecular weight excluding hydrogens is 152 g/mol. The molecule has 0 heterocycles. The molecule has 1 aliphatic rings. The van der Waals surface area contributed by atoms with Crippen molar-refractivity contribution in [2.75, 3.05) is 0 Å². The highest BCUT2D eigenvalue weighted by Crippen LogP contribution is 2.54. The summed E-state index contributed by atoms with van der Waals surface area (Å²) in [6, 6.07) is 0. The molecule has 1 aliphatic carbocycles. The quantitative estimate of drug-likeness (QED) is 0.575. The summed E-state index contributed by atoms with van der Waals surface area (Å²) in [5, 5.41) is 0. The fraction of sp³-hybridized carbons (Fsp3) is 1.00. The summed E-state index contributed by atoms with van der Waals surface area (Å²) in [4.78, 5) is 0. The second-order valence-corrected chi connectivity index (χ2v) is 5.63. The van der Waals surface area contributed by atoms with E-state index in [4.69, 9.17) is 12.6 Å². The van der Waals surface area contributed by atoms with Crippen LogP contribution in [0.15, 0.2) is 0 Å². The lowest BCUT2D eigenvalue weighted by Gasteiger charge is -2.38. The molecular formula is C10H20S. The molecule has 1 rings (SSSR count). The first-order chi connectivity index (χ1) is 4.92. The van der Waals surface area contributed by atoms with Gasteiger partial charge in [-0.15, -0.1) is 0 Å². The number of rotatable bonds is 1. The minimum absolute atomic E-state index is 0.258. The molecule has 0 spiro atoms. The lowest BCUT2D eigenvalue weighted by molar-refractivity contribution is 0.217. The summed E-state index contributed by atoms with van der Waals surface area (Å²) in [6.07, 6.45) is 3.95. The Morgan fingerprint density at radius 2 is 1.91 bits per heavy atom. The minimum atomic E-state index is 0.258. The Bertz CT molecular complexity index is 147. The minimum Gasteiger partial charge on any atom is -0.172 e. The van der Waals surface area contributed by atoms with E-state index >= 15 is 0 Å². The van der Waals surface area contributed by atoms with Crippen LogP contribution in [0.5, 0.6) is 0 Å². The van der Waals surface area contributed by atoms with Gasteiger partial charge in [-0.1, -0.05) is 34.1 Å². The highest BCUT2D eigenvalue weighted by molar-refractivity contribution is 7.81. The lowest BCUT2D eigenvalue weighted by Crippen LogP contribution is -2.35. The van der Waals surface area contributed by atoms with Crippen molar-refractivity contribution in [3.05, 3.63) is 0 Å². The third-order valence-electron chi connectivity index (χ3n) is 3.88. The van der Waals surface area contributed by atoms with Crippen LogP contribution in [0, 0.1) is 11.3 Å². The van der Waals surface area contributed by atoms with Crippen molar-refractivity contribution in [1.29, 1.82) is 0 Å². The Hall–Kier alpha value is 0.350. The molecule has 0 nitrogen and oxygen atoms in total. The van der Waals surface area contributed by atoms with E-state index < -0.39 is 0 Å². The SMILES string of the molecule is CCC1CCC(C)(S)C1(C)C. The normalized spacial score (nSPS) is 42.8. The Kier molecular flexibility index (Phi) is 2.31. The molecule has 0 aromatic carbocycles. The smallest absolute Gasteiger partial charge is 0.0155 e. The van der Waals surface area contributed by atoms with Crippen molar-refractivity contribution in [3.63, 3.8) is 0 Å². The predicted molar refractivity (Wildman–Crippen MR) is 54.2 cm³/mol. The van der Waals surface area contributed by atoms with E-state index in [-0.39, 0.29) is 4.75 Å². The van der Waals surface area contributed by atoms with Crippen LogP contribution >= 0.6 is 12.6 Å². The van der Waals surface area contributed by atoms with Gasteiger partial charge in [0, 0.05) is 4.75 Å². The molecule has 1 fully saturated rings. The Morgan fingerprint density at radius 1 is 1.36 bits per heavy atom. The summed E-state index contributed by atoms with van der Waals surface area (Å²) >= 11 is 4.74. The van der Waals surface area contributed by atoms with Crippen LogP contribution in [-0.4, -0.2) is 4.75 Å². The largest absolute Gasteiger partial charge is 0.172 e. The Balaban J connectivity index is 2.81. The molecule has 1 saturated carbocycles. The van der Waals surface area contributed by atoms with E-state index in [1.165, 1.54) is 19.3 Å². The second kappa shape index (κ2) is 2.69. The summed E-state index contributed by atoms with van der Waals surface area (Å²) in [5.74, 6) is 0.880. The van der Waals surface area contributed by atoms with Crippen molar-refractivity contribution in [1.82, 2.24) is 0 Å². The zero-order valence-corrected chi connectivity index (χ0v) is 9.04. The summed E-state index contributed by atoms with van der Waals surface area (Å²) in [7, 11) is 0. The topological polar surface area (TPSA) is 0 Å². The van der Waals surface area contributed by atoms with Crippen molar-refractivity contribution in [2.45, 2.75) is 51.7 Å². The van der Waals surface area contributed by atoms with Gasteiger partial charge in [-0.25, -0.2) is 0 Å². The first-order valence-electron chi connectivity index (χ1n) is 4.64. The van der Waals surface area contributed by atoms with Crippen molar-refractivity contribution in [2.24, 2.45) is 11.3 Å². The summed E-state index contributed by atoms with van der Waals surface area (Å²) < 4.78 is 0.258. The molecule has 66 valence electrons. The van der Waals surface area contributed by atoms with E-state index in [2.05, 4.69) is 27.7 Å². The zero-order valence-electron chi connectivity index (χ0n) is 8.15. The van der Waals surface area contributed by atoms with Crippen LogP contribution in [0.2, 0.25) is 0 Å². The van der Waals surface area contributed by atoms with Gasteiger partial charge in [0.05, 0.1) is 0 Å². The van der Waals surface area contributed by atoms with Crippen molar-refractivity contribution < 1.29 is 0 Å². The van der Waals surface area contributed by atoms with Gasteiger partial charge in [-0.2, -0.15) is 12.6 Å². The van der Waals surface area contributed by atoms with Gasteiger partial charge in [-0.05, 0) is 24.2 Å². The monoisotopic (exact) mass is 172 g/mol. The Labute approximate surface area is 76.2 Å². The fourth-order valence-electron chi connectivity index (χ4n) is 2.29. The fourth-order valence-corrected chi connectivity index (χ4v) is 2.60. The molecule has 0 aromatic rings. The summed E-state index contributed by atoms with van der Waals surface area (Å²) in [6.45, 7) is 9.30. The predicted octanol–water partition coefficient (Wildman–Crippen LogP) is 3.52. The number of hydrogen-bond donors (Lipinski definition) is 1. The first-order valence-corrected chi connectivity index (χ1v) is 5.09. The molecule has 0 saturated heterocycles. The van der Waals surface area contributed by atoms with Crippen molar-refractivity contribution >= 4 is 12.6 Å². The third kappa shape index (κ3) is 1.32. The highest BCUT2D eigenvalue weighted by atomic mass is 32.1. The lowest BCUT2D eigenvalue weighted by atomic mass is 9.74. The van der Waals surface area contributed by atoms with Crippen LogP contribution in [-0.2, 0) is 0 Å². The molecule has 0 radical (unpaired) electrons. The standard InChI is InChI=1S/C10H20S/c1-5-8-6-7-10(4,11)9(8,2)3/h8,11H,5-7H2,1-4H3. The molecule has 2 atom stereocenters. The Morgan fingerprint density at radius 3 is 2.09 bits per heavy atom. The highest BCUT2D eigenvalue weighted by Gasteiger charge is 2.48. The van der Waals surface area contributed by atoms with E-state index in [0.29, 0.717) is 5.41 Å². The maximum atomic E-state index is 4.74. The maximum absolute atomic E-state index is 4.74. The van der Waals surface area contributed by atoms with E-state index in [0.717, 1.165) is 5.92 Å². The number of thiol groups is 1. The molecule has 0 aromatic heterocycles. The van der Waals surface area contributed by atoms with Gasteiger partial charge in [0.15, 0.2) is 0 Å².